The van der Waals surface area contributed by atoms with Gasteiger partial charge in [0.25, 0.3) is 0 Å². The predicted molar refractivity (Wildman–Crippen MR) is 83.4 cm³/mol. The number of anilines is 1. The van der Waals surface area contributed by atoms with Gasteiger partial charge in [-0.25, -0.2) is 4.39 Å². The number of hydrogen-bond donors (Lipinski definition) is 2. The van der Waals surface area contributed by atoms with E-state index in [1.54, 1.807) is 30.9 Å². The molecule has 2 aliphatic rings. The molecule has 1 aromatic rings. The van der Waals surface area contributed by atoms with E-state index in [0.717, 1.165) is 12.8 Å². The van der Waals surface area contributed by atoms with Crippen molar-refractivity contribution in [3.05, 3.63) is 29.6 Å². The third-order valence-corrected chi connectivity index (χ3v) is 4.23. The average Bonchev–Trinajstić information content (AvgIpc) is 3.23. The number of amides is 2. The maximum absolute atomic E-state index is 13.8. The minimum Gasteiger partial charge on any atom is -0.389 e. The van der Waals surface area contributed by atoms with Crippen LogP contribution >= 0.6 is 0 Å². The highest BCUT2D eigenvalue weighted by molar-refractivity contribution is 6.05. The maximum Gasteiger partial charge on any atom is 0.232 e. The van der Waals surface area contributed by atoms with Crippen molar-refractivity contribution in [2.45, 2.75) is 50.7 Å². The second-order valence-electron chi connectivity index (χ2n) is 7.02. The fraction of sp³-hybridized carbons (Fsp3) is 0.529. The van der Waals surface area contributed by atoms with Gasteiger partial charge in [0.1, 0.15) is 5.82 Å². The van der Waals surface area contributed by atoms with Crippen LogP contribution < -0.4 is 5.32 Å². The zero-order chi connectivity index (χ0) is 16.8. The SMILES string of the molecule is CC(C)(O)CN(C(=O)CC1C(=O)Nc2c(F)cccc21)C1CC1. The molecule has 23 heavy (non-hydrogen) atoms. The highest BCUT2D eigenvalue weighted by Gasteiger charge is 2.39. The molecule has 1 heterocycles. The molecule has 5 nitrogen and oxygen atoms in total. The topological polar surface area (TPSA) is 69.6 Å². The number of halogens is 1. The van der Waals surface area contributed by atoms with Gasteiger partial charge in [0.05, 0.1) is 17.2 Å². The van der Waals surface area contributed by atoms with Crippen LogP contribution in [-0.4, -0.2) is 40.0 Å². The van der Waals surface area contributed by atoms with Crippen LogP contribution in [0.3, 0.4) is 0 Å². The smallest absolute Gasteiger partial charge is 0.232 e. The van der Waals surface area contributed by atoms with Gasteiger partial charge in [-0.1, -0.05) is 12.1 Å². The Balaban J connectivity index is 1.77. The van der Waals surface area contributed by atoms with Crippen LogP contribution in [0.15, 0.2) is 18.2 Å². The van der Waals surface area contributed by atoms with E-state index in [9.17, 15) is 19.1 Å². The summed E-state index contributed by atoms with van der Waals surface area (Å²) in [6.07, 6.45) is 1.84. The Bertz CT molecular complexity index is 650. The molecule has 3 rings (SSSR count). The number of nitrogens with one attached hydrogen (secondary N) is 1. The lowest BCUT2D eigenvalue weighted by Gasteiger charge is -2.30. The molecule has 1 aromatic carbocycles. The van der Waals surface area contributed by atoms with Gasteiger partial charge in [-0.05, 0) is 38.3 Å². The first-order valence-electron chi connectivity index (χ1n) is 7.87. The van der Waals surface area contributed by atoms with Crippen molar-refractivity contribution >= 4 is 17.5 Å². The first-order chi connectivity index (χ1) is 10.8. The van der Waals surface area contributed by atoms with Gasteiger partial charge in [-0.15, -0.1) is 0 Å². The van der Waals surface area contributed by atoms with E-state index in [2.05, 4.69) is 5.32 Å². The van der Waals surface area contributed by atoms with Crippen LogP contribution in [0.1, 0.15) is 44.6 Å². The van der Waals surface area contributed by atoms with Crippen molar-refractivity contribution in [1.82, 2.24) is 4.90 Å². The van der Waals surface area contributed by atoms with Crippen LogP contribution in [0.5, 0.6) is 0 Å². The normalized spacial score (nSPS) is 20.2. The number of para-hydroxylation sites is 1. The number of hydrogen-bond acceptors (Lipinski definition) is 3. The average molecular weight is 320 g/mol. The number of carbonyl (C=O) groups is 2. The molecule has 0 spiro atoms. The fourth-order valence-corrected chi connectivity index (χ4v) is 3.03. The van der Waals surface area contributed by atoms with Gasteiger partial charge >= 0.3 is 0 Å². The summed E-state index contributed by atoms with van der Waals surface area (Å²) in [5.74, 6) is -1.68. The lowest BCUT2D eigenvalue weighted by Crippen LogP contribution is -2.44. The summed E-state index contributed by atoms with van der Waals surface area (Å²) in [6.45, 7) is 3.55. The number of fused-ring (bicyclic) bond motifs is 1. The van der Waals surface area contributed by atoms with E-state index in [-0.39, 0.29) is 36.5 Å². The van der Waals surface area contributed by atoms with Crippen molar-refractivity contribution in [1.29, 1.82) is 0 Å². The minimum atomic E-state index is -0.986. The Kier molecular flexibility index (Phi) is 3.88. The number of carbonyl (C=O) groups excluding carboxylic acids is 2. The first kappa shape index (κ1) is 15.9. The zero-order valence-electron chi connectivity index (χ0n) is 13.3. The molecule has 0 radical (unpaired) electrons. The van der Waals surface area contributed by atoms with Crippen molar-refractivity contribution in [2.75, 3.05) is 11.9 Å². The molecule has 1 aliphatic carbocycles. The molecule has 124 valence electrons. The fourth-order valence-electron chi connectivity index (χ4n) is 3.03. The van der Waals surface area contributed by atoms with Gasteiger partial charge in [0.15, 0.2) is 0 Å². The molecule has 6 heteroatoms. The number of benzene rings is 1. The van der Waals surface area contributed by atoms with Crippen LogP contribution in [0.25, 0.3) is 0 Å². The van der Waals surface area contributed by atoms with Crippen molar-refractivity contribution < 1.29 is 19.1 Å². The molecule has 1 unspecified atom stereocenters. The maximum atomic E-state index is 13.8. The minimum absolute atomic E-state index is 0.00509. The Morgan fingerprint density at radius 1 is 1.43 bits per heavy atom. The van der Waals surface area contributed by atoms with Gasteiger partial charge in [0, 0.05) is 19.0 Å². The van der Waals surface area contributed by atoms with E-state index >= 15 is 0 Å². The van der Waals surface area contributed by atoms with Crippen LogP contribution in [0.2, 0.25) is 0 Å². The summed E-state index contributed by atoms with van der Waals surface area (Å²) in [5.41, 5.74) is -0.279. The lowest BCUT2D eigenvalue weighted by atomic mass is 9.96. The van der Waals surface area contributed by atoms with E-state index < -0.39 is 17.3 Å². The summed E-state index contributed by atoms with van der Waals surface area (Å²) in [7, 11) is 0. The molecular formula is C17H21FN2O3. The van der Waals surface area contributed by atoms with E-state index in [0.29, 0.717) is 5.56 Å². The molecular weight excluding hydrogens is 299 g/mol. The standard InChI is InChI=1S/C17H21FN2O3/c1-17(2,23)9-20(10-6-7-10)14(21)8-12-11-4-3-5-13(18)15(11)19-16(12)22/h3-5,10,12,23H,6-9H2,1-2H3,(H,19,22). The van der Waals surface area contributed by atoms with Gasteiger partial charge < -0.3 is 15.3 Å². The van der Waals surface area contributed by atoms with E-state index in [4.69, 9.17) is 0 Å². The molecule has 1 aliphatic heterocycles. The third-order valence-electron chi connectivity index (χ3n) is 4.23. The van der Waals surface area contributed by atoms with Crippen molar-refractivity contribution in [2.24, 2.45) is 0 Å². The van der Waals surface area contributed by atoms with Crippen LogP contribution in [-0.2, 0) is 9.59 Å². The van der Waals surface area contributed by atoms with Crippen molar-refractivity contribution in [3.8, 4) is 0 Å². The molecule has 1 fully saturated rings. The quantitative estimate of drug-likeness (QED) is 0.872. The monoisotopic (exact) mass is 320 g/mol. The molecule has 1 saturated carbocycles. The van der Waals surface area contributed by atoms with E-state index in [1.807, 2.05) is 0 Å². The van der Waals surface area contributed by atoms with Gasteiger partial charge in [-0.3, -0.25) is 9.59 Å². The number of aliphatic hydroxyl groups is 1. The molecule has 0 aromatic heterocycles. The Morgan fingerprint density at radius 3 is 2.74 bits per heavy atom. The molecule has 0 saturated heterocycles. The number of rotatable bonds is 5. The first-order valence-corrected chi connectivity index (χ1v) is 7.87. The summed E-state index contributed by atoms with van der Waals surface area (Å²) < 4.78 is 13.8. The largest absolute Gasteiger partial charge is 0.389 e. The zero-order valence-corrected chi connectivity index (χ0v) is 13.3. The Labute approximate surface area is 134 Å². The summed E-state index contributed by atoms with van der Waals surface area (Å²) in [5, 5.41) is 12.5. The van der Waals surface area contributed by atoms with E-state index in [1.165, 1.54) is 6.07 Å². The Morgan fingerprint density at radius 2 is 2.13 bits per heavy atom. The molecule has 2 amide bonds. The highest BCUT2D eigenvalue weighted by Crippen LogP contribution is 2.38. The Hall–Kier alpha value is -1.95. The predicted octanol–water partition coefficient (Wildman–Crippen LogP) is 2.01. The van der Waals surface area contributed by atoms with Gasteiger partial charge in [0.2, 0.25) is 11.8 Å². The van der Waals surface area contributed by atoms with Crippen molar-refractivity contribution in [3.63, 3.8) is 0 Å². The molecule has 1 atom stereocenters. The number of nitrogens with zero attached hydrogens (tertiary/aromatic N) is 1. The molecule has 0 bridgehead atoms. The lowest BCUT2D eigenvalue weighted by molar-refractivity contribution is -0.136. The molecule has 2 N–H and O–H groups in total. The summed E-state index contributed by atoms with van der Waals surface area (Å²) in [4.78, 5) is 26.4. The van der Waals surface area contributed by atoms with Crippen LogP contribution in [0.4, 0.5) is 10.1 Å². The summed E-state index contributed by atoms with van der Waals surface area (Å²) >= 11 is 0. The second-order valence-corrected chi connectivity index (χ2v) is 7.02. The van der Waals surface area contributed by atoms with Crippen LogP contribution in [0, 0.1) is 5.82 Å². The van der Waals surface area contributed by atoms with Gasteiger partial charge in [-0.2, -0.15) is 0 Å². The highest BCUT2D eigenvalue weighted by atomic mass is 19.1. The third kappa shape index (κ3) is 3.37. The summed E-state index contributed by atoms with van der Waals surface area (Å²) in [6, 6.07) is 4.65. The second kappa shape index (κ2) is 5.60.